The first kappa shape index (κ1) is 12.7. The molecule has 0 aromatic rings. The molecule has 3 nitrogen and oxygen atoms in total. The number of hydrogen-bond acceptors (Lipinski definition) is 1. The van der Waals surface area contributed by atoms with Crippen molar-refractivity contribution in [2.45, 2.75) is 70.9 Å². The average molecular weight is 238 g/mol. The molecule has 2 fully saturated rings. The summed E-state index contributed by atoms with van der Waals surface area (Å²) in [6.07, 6.45) is 8.44. The SMILES string of the molecule is CC(C)CCN(C(=O)NC1CCCC1)C1CC1. The van der Waals surface area contributed by atoms with Crippen LogP contribution in [0.1, 0.15) is 58.8 Å². The largest absolute Gasteiger partial charge is 0.335 e. The highest BCUT2D eigenvalue weighted by molar-refractivity contribution is 5.75. The van der Waals surface area contributed by atoms with Crippen LogP contribution in [0.4, 0.5) is 4.79 Å². The zero-order chi connectivity index (χ0) is 12.3. The maximum absolute atomic E-state index is 12.2. The maximum atomic E-state index is 12.2. The third-order valence-corrected chi connectivity index (χ3v) is 3.88. The molecule has 2 amide bonds. The Labute approximate surface area is 105 Å². The number of rotatable bonds is 5. The number of nitrogens with one attached hydrogen (secondary N) is 1. The first-order valence-corrected chi connectivity index (χ1v) is 7.24. The highest BCUT2D eigenvalue weighted by Gasteiger charge is 2.33. The monoisotopic (exact) mass is 238 g/mol. The zero-order valence-corrected chi connectivity index (χ0v) is 11.2. The van der Waals surface area contributed by atoms with Crippen molar-refractivity contribution in [2.75, 3.05) is 6.54 Å². The highest BCUT2D eigenvalue weighted by atomic mass is 16.2. The van der Waals surface area contributed by atoms with Crippen molar-refractivity contribution in [1.29, 1.82) is 0 Å². The van der Waals surface area contributed by atoms with Gasteiger partial charge < -0.3 is 10.2 Å². The van der Waals surface area contributed by atoms with Crippen LogP contribution in [0, 0.1) is 5.92 Å². The summed E-state index contributed by atoms with van der Waals surface area (Å²) in [5.41, 5.74) is 0. The third kappa shape index (κ3) is 3.90. The Kier molecular flexibility index (Phi) is 4.30. The molecule has 2 saturated carbocycles. The van der Waals surface area contributed by atoms with Gasteiger partial charge in [-0.25, -0.2) is 4.79 Å². The lowest BCUT2D eigenvalue weighted by Crippen LogP contribution is -2.45. The molecule has 98 valence electrons. The van der Waals surface area contributed by atoms with E-state index in [9.17, 15) is 4.79 Å². The van der Waals surface area contributed by atoms with Gasteiger partial charge in [0.1, 0.15) is 0 Å². The number of nitrogens with zero attached hydrogens (tertiary/aromatic N) is 1. The van der Waals surface area contributed by atoms with Gasteiger partial charge in [0, 0.05) is 18.6 Å². The summed E-state index contributed by atoms with van der Waals surface area (Å²) in [6.45, 7) is 5.38. The van der Waals surface area contributed by atoms with E-state index in [1.54, 1.807) is 0 Å². The molecule has 0 heterocycles. The van der Waals surface area contributed by atoms with Gasteiger partial charge in [-0.05, 0) is 38.0 Å². The van der Waals surface area contributed by atoms with Gasteiger partial charge in [0.05, 0.1) is 0 Å². The van der Waals surface area contributed by atoms with E-state index in [0.717, 1.165) is 13.0 Å². The standard InChI is InChI=1S/C14H26N2O/c1-11(2)9-10-16(13-7-8-13)14(17)15-12-5-3-4-6-12/h11-13H,3-10H2,1-2H3,(H,15,17). The topological polar surface area (TPSA) is 32.3 Å². The minimum absolute atomic E-state index is 0.194. The van der Waals surface area contributed by atoms with Crippen molar-refractivity contribution in [3.63, 3.8) is 0 Å². The van der Waals surface area contributed by atoms with Gasteiger partial charge >= 0.3 is 6.03 Å². The minimum Gasteiger partial charge on any atom is -0.335 e. The molecule has 0 spiro atoms. The van der Waals surface area contributed by atoms with Crippen LogP contribution in [-0.4, -0.2) is 29.6 Å². The Bertz CT molecular complexity index is 255. The molecule has 0 radical (unpaired) electrons. The zero-order valence-electron chi connectivity index (χ0n) is 11.2. The quantitative estimate of drug-likeness (QED) is 0.784. The number of hydrogen-bond donors (Lipinski definition) is 1. The third-order valence-electron chi connectivity index (χ3n) is 3.88. The van der Waals surface area contributed by atoms with Crippen molar-refractivity contribution >= 4 is 6.03 Å². The predicted octanol–water partition coefficient (Wildman–Crippen LogP) is 3.15. The normalized spacial score (nSPS) is 20.9. The van der Waals surface area contributed by atoms with Gasteiger partial charge in [-0.15, -0.1) is 0 Å². The van der Waals surface area contributed by atoms with E-state index in [2.05, 4.69) is 24.1 Å². The van der Waals surface area contributed by atoms with Crippen molar-refractivity contribution in [3.05, 3.63) is 0 Å². The smallest absolute Gasteiger partial charge is 0.317 e. The van der Waals surface area contributed by atoms with Crippen molar-refractivity contribution in [2.24, 2.45) is 5.92 Å². The molecule has 0 aromatic heterocycles. The molecular weight excluding hydrogens is 212 g/mol. The van der Waals surface area contributed by atoms with Crippen LogP contribution in [0.25, 0.3) is 0 Å². The summed E-state index contributed by atoms with van der Waals surface area (Å²) < 4.78 is 0. The molecule has 0 aliphatic heterocycles. The van der Waals surface area contributed by atoms with E-state index in [1.807, 2.05) is 0 Å². The summed E-state index contributed by atoms with van der Waals surface area (Å²) in [5, 5.41) is 3.21. The first-order valence-electron chi connectivity index (χ1n) is 7.24. The second-order valence-corrected chi connectivity index (χ2v) is 6.04. The van der Waals surface area contributed by atoms with Crippen LogP contribution >= 0.6 is 0 Å². The molecule has 1 N–H and O–H groups in total. The summed E-state index contributed by atoms with van der Waals surface area (Å²) in [7, 11) is 0. The van der Waals surface area contributed by atoms with Crippen molar-refractivity contribution in [1.82, 2.24) is 10.2 Å². The average Bonchev–Trinajstić information content (AvgIpc) is 2.97. The van der Waals surface area contributed by atoms with Crippen LogP contribution in [0.5, 0.6) is 0 Å². The van der Waals surface area contributed by atoms with Crippen molar-refractivity contribution in [3.8, 4) is 0 Å². The Hall–Kier alpha value is -0.730. The summed E-state index contributed by atoms with van der Waals surface area (Å²) in [6, 6.07) is 1.18. The number of urea groups is 1. The number of carbonyl (C=O) groups is 1. The molecule has 3 heteroatoms. The molecule has 2 aliphatic carbocycles. The summed E-state index contributed by atoms with van der Waals surface area (Å²) in [4.78, 5) is 14.3. The Morgan fingerprint density at radius 3 is 2.41 bits per heavy atom. The molecule has 2 aliphatic rings. The van der Waals surface area contributed by atoms with Crippen LogP contribution in [0.2, 0.25) is 0 Å². The van der Waals surface area contributed by atoms with E-state index in [0.29, 0.717) is 18.0 Å². The first-order chi connectivity index (χ1) is 8.16. The molecule has 17 heavy (non-hydrogen) atoms. The molecular formula is C14H26N2O. The minimum atomic E-state index is 0.194. The fourth-order valence-electron chi connectivity index (χ4n) is 2.56. The van der Waals surface area contributed by atoms with Gasteiger partial charge in [-0.2, -0.15) is 0 Å². The molecule has 0 saturated heterocycles. The van der Waals surface area contributed by atoms with Crippen LogP contribution in [0.3, 0.4) is 0 Å². The van der Waals surface area contributed by atoms with Crippen LogP contribution in [0.15, 0.2) is 0 Å². The predicted molar refractivity (Wildman–Crippen MR) is 70.0 cm³/mol. The fraction of sp³-hybridized carbons (Fsp3) is 0.929. The van der Waals surface area contributed by atoms with E-state index < -0.39 is 0 Å². The summed E-state index contributed by atoms with van der Waals surface area (Å²) >= 11 is 0. The fourth-order valence-corrected chi connectivity index (χ4v) is 2.56. The summed E-state index contributed by atoms with van der Waals surface area (Å²) in [5.74, 6) is 0.676. The van der Waals surface area contributed by atoms with E-state index >= 15 is 0 Å². The van der Waals surface area contributed by atoms with Gasteiger partial charge in [-0.3, -0.25) is 0 Å². The maximum Gasteiger partial charge on any atom is 0.317 e. The second-order valence-electron chi connectivity index (χ2n) is 6.04. The van der Waals surface area contributed by atoms with Crippen LogP contribution in [-0.2, 0) is 0 Å². The number of amides is 2. The van der Waals surface area contributed by atoms with Gasteiger partial charge in [0.25, 0.3) is 0 Å². The van der Waals surface area contributed by atoms with Crippen molar-refractivity contribution < 1.29 is 4.79 Å². The lowest BCUT2D eigenvalue weighted by Gasteiger charge is -2.25. The number of carbonyl (C=O) groups excluding carboxylic acids is 1. The molecule has 0 bridgehead atoms. The molecule has 0 aromatic carbocycles. The van der Waals surface area contributed by atoms with Crippen LogP contribution < -0.4 is 5.32 Å². The van der Waals surface area contributed by atoms with E-state index in [1.165, 1.54) is 38.5 Å². The van der Waals surface area contributed by atoms with E-state index in [-0.39, 0.29) is 6.03 Å². The Morgan fingerprint density at radius 2 is 1.88 bits per heavy atom. The van der Waals surface area contributed by atoms with Gasteiger partial charge in [-0.1, -0.05) is 26.7 Å². The lowest BCUT2D eigenvalue weighted by atomic mass is 10.1. The lowest BCUT2D eigenvalue weighted by molar-refractivity contribution is 0.187. The molecule has 0 atom stereocenters. The van der Waals surface area contributed by atoms with E-state index in [4.69, 9.17) is 0 Å². The Balaban J connectivity index is 1.79. The second kappa shape index (κ2) is 5.74. The highest BCUT2D eigenvalue weighted by Crippen LogP contribution is 2.28. The molecule has 0 unspecified atom stereocenters. The Morgan fingerprint density at radius 1 is 1.24 bits per heavy atom. The van der Waals surface area contributed by atoms with Gasteiger partial charge in [0.2, 0.25) is 0 Å². The molecule has 2 rings (SSSR count). The van der Waals surface area contributed by atoms with Gasteiger partial charge in [0.15, 0.2) is 0 Å².